The number of nitrogens with one attached hydrogen (secondary N) is 3. The van der Waals surface area contributed by atoms with E-state index in [2.05, 4.69) is 16.0 Å². The molecule has 1 aliphatic carbocycles. The zero-order chi connectivity index (χ0) is 17.0. The number of benzene rings is 1. The van der Waals surface area contributed by atoms with Crippen LogP contribution >= 0.6 is 0 Å². The summed E-state index contributed by atoms with van der Waals surface area (Å²) in [6.07, 6.45) is 5.60. The molecular weight excluding hydrogens is 306 g/mol. The topological polar surface area (TPSA) is 79.5 Å². The summed E-state index contributed by atoms with van der Waals surface area (Å²) in [6.45, 7) is 1.32. The molecule has 1 saturated carbocycles. The number of fused-ring (bicyclic) bond motifs is 1. The lowest BCUT2D eigenvalue weighted by molar-refractivity contribution is -0.116. The summed E-state index contributed by atoms with van der Waals surface area (Å²) in [5.41, 5.74) is 2.76. The number of hydrogen-bond acceptors (Lipinski definition) is 3. The van der Waals surface area contributed by atoms with Gasteiger partial charge in [0.05, 0.1) is 6.61 Å². The quantitative estimate of drug-likeness (QED) is 0.776. The zero-order valence-electron chi connectivity index (χ0n) is 14.1. The Balaban J connectivity index is 1.57. The molecule has 130 valence electrons. The van der Waals surface area contributed by atoms with Gasteiger partial charge in [0, 0.05) is 36.9 Å². The Bertz CT molecular complexity index is 626. The molecule has 0 aromatic heterocycles. The smallest absolute Gasteiger partial charge is 0.319 e. The number of rotatable bonds is 5. The number of anilines is 2. The van der Waals surface area contributed by atoms with Gasteiger partial charge in [-0.1, -0.05) is 6.42 Å². The van der Waals surface area contributed by atoms with Gasteiger partial charge in [0.2, 0.25) is 5.91 Å². The van der Waals surface area contributed by atoms with Crippen LogP contribution in [0.2, 0.25) is 0 Å². The van der Waals surface area contributed by atoms with Crippen molar-refractivity contribution in [2.75, 3.05) is 30.9 Å². The maximum atomic E-state index is 12.2. The van der Waals surface area contributed by atoms with Crippen LogP contribution in [0.5, 0.6) is 0 Å². The highest BCUT2D eigenvalue weighted by Crippen LogP contribution is 2.40. The summed E-state index contributed by atoms with van der Waals surface area (Å²) in [5.74, 6) is 0.0520. The van der Waals surface area contributed by atoms with Gasteiger partial charge in [-0.05, 0) is 49.4 Å². The molecule has 1 fully saturated rings. The third-order valence-electron chi connectivity index (χ3n) is 4.98. The van der Waals surface area contributed by atoms with E-state index < -0.39 is 0 Å². The molecule has 0 radical (unpaired) electrons. The Morgan fingerprint density at radius 3 is 2.83 bits per heavy atom. The number of hydrogen-bond donors (Lipinski definition) is 3. The Morgan fingerprint density at radius 1 is 1.29 bits per heavy atom. The van der Waals surface area contributed by atoms with Crippen molar-refractivity contribution < 1.29 is 14.3 Å². The molecule has 6 nitrogen and oxygen atoms in total. The second-order valence-corrected chi connectivity index (χ2v) is 6.87. The van der Waals surface area contributed by atoms with Crippen LogP contribution in [0.15, 0.2) is 18.2 Å². The van der Waals surface area contributed by atoms with Gasteiger partial charge in [0.15, 0.2) is 0 Å². The zero-order valence-corrected chi connectivity index (χ0v) is 14.1. The average Bonchev–Trinajstić information content (AvgIpc) is 2.70. The molecule has 0 bridgehead atoms. The van der Waals surface area contributed by atoms with Gasteiger partial charge >= 0.3 is 6.03 Å². The fraction of sp³-hybridized carbons (Fsp3) is 0.556. The van der Waals surface area contributed by atoms with Crippen molar-refractivity contribution in [2.45, 2.75) is 38.5 Å². The van der Waals surface area contributed by atoms with E-state index in [1.165, 1.54) is 6.42 Å². The second kappa shape index (κ2) is 7.21. The minimum atomic E-state index is -0.199. The summed E-state index contributed by atoms with van der Waals surface area (Å²) in [4.78, 5) is 23.7. The summed E-state index contributed by atoms with van der Waals surface area (Å²) in [5, 5.41) is 8.74. The van der Waals surface area contributed by atoms with Crippen LogP contribution < -0.4 is 16.0 Å². The first-order valence-corrected chi connectivity index (χ1v) is 8.57. The predicted molar refractivity (Wildman–Crippen MR) is 93.2 cm³/mol. The molecule has 1 heterocycles. The summed E-state index contributed by atoms with van der Waals surface area (Å²) < 4.78 is 5.28. The van der Waals surface area contributed by atoms with Crippen LogP contribution in [0.25, 0.3) is 0 Å². The van der Waals surface area contributed by atoms with Crippen molar-refractivity contribution in [3.8, 4) is 0 Å². The molecule has 3 amide bonds. The monoisotopic (exact) mass is 331 g/mol. The fourth-order valence-electron chi connectivity index (χ4n) is 3.45. The molecule has 3 N–H and O–H groups in total. The highest BCUT2D eigenvalue weighted by molar-refractivity contribution is 5.94. The van der Waals surface area contributed by atoms with Gasteiger partial charge in [-0.15, -0.1) is 0 Å². The van der Waals surface area contributed by atoms with Gasteiger partial charge in [-0.2, -0.15) is 0 Å². The average molecular weight is 331 g/mol. The molecule has 24 heavy (non-hydrogen) atoms. The van der Waals surface area contributed by atoms with Gasteiger partial charge in [-0.25, -0.2) is 4.79 Å². The molecule has 2 aliphatic rings. The summed E-state index contributed by atoms with van der Waals surface area (Å²) in [7, 11) is 1.70. The van der Waals surface area contributed by atoms with Crippen LogP contribution in [-0.2, 0) is 16.0 Å². The Labute approximate surface area is 142 Å². The van der Waals surface area contributed by atoms with Gasteiger partial charge in [0.1, 0.15) is 0 Å². The van der Waals surface area contributed by atoms with Crippen molar-refractivity contribution in [1.29, 1.82) is 0 Å². The number of urea groups is 1. The van der Waals surface area contributed by atoms with Crippen molar-refractivity contribution in [3.63, 3.8) is 0 Å². The van der Waals surface area contributed by atoms with Crippen molar-refractivity contribution in [2.24, 2.45) is 5.41 Å². The molecule has 1 aromatic rings. The first-order valence-electron chi connectivity index (χ1n) is 8.57. The minimum Gasteiger partial charge on any atom is -0.384 e. The van der Waals surface area contributed by atoms with E-state index in [0.717, 1.165) is 42.6 Å². The first kappa shape index (κ1) is 16.8. The van der Waals surface area contributed by atoms with E-state index in [9.17, 15) is 9.59 Å². The molecule has 3 rings (SSSR count). The van der Waals surface area contributed by atoms with E-state index >= 15 is 0 Å². The highest BCUT2D eigenvalue weighted by atomic mass is 16.5. The lowest BCUT2D eigenvalue weighted by atomic mass is 9.69. The maximum Gasteiger partial charge on any atom is 0.319 e. The van der Waals surface area contributed by atoms with E-state index in [1.54, 1.807) is 7.11 Å². The van der Waals surface area contributed by atoms with Crippen LogP contribution in [-0.4, -0.2) is 32.2 Å². The number of aryl methyl sites for hydroxylation is 1. The van der Waals surface area contributed by atoms with E-state index in [-0.39, 0.29) is 17.4 Å². The Kier molecular flexibility index (Phi) is 5.04. The molecule has 0 spiro atoms. The molecule has 0 saturated heterocycles. The molecule has 0 unspecified atom stereocenters. The number of carbonyl (C=O) groups is 2. The molecule has 6 heteroatoms. The highest BCUT2D eigenvalue weighted by Gasteiger charge is 2.37. The number of carbonyl (C=O) groups excluding carboxylic acids is 2. The van der Waals surface area contributed by atoms with Gasteiger partial charge in [-0.3, -0.25) is 4.79 Å². The lowest BCUT2D eigenvalue weighted by Gasteiger charge is -2.41. The van der Waals surface area contributed by atoms with E-state index in [1.807, 2.05) is 18.2 Å². The molecule has 1 aliphatic heterocycles. The molecule has 0 atom stereocenters. The fourth-order valence-corrected chi connectivity index (χ4v) is 3.45. The first-order chi connectivity index (χ1) is 11.6. The van der Waals surface area contributed by atoms with Crippen LogP contribution in [0.3, 0.4) is 0 Å². The number of amides is 3. The lowest BCUT2D eigenvalue weighted by Crippen LogP contribution is -2.46. The second-order valence-electron chi connectivity index (χ2n) is 6.87. The van der Waals surface area contributed by atoms with Crippen molar-refractivity contribution in [3.05, 3.63) is 23.8 Å². The Morgan fingerprint density at radius 2 is 2.12 bits per heavy atom. The van der Waals surface area contributed by atoms with Crippen LogP contribution in [0, 0.1) is 5.41 Å². The van der Waals surface area contributed by atoms with Crippen LogP contribution in [0.1, 0.15) is 37.7 Å². The number of ether oxygens (including phenoxy) is 1. The predicted octanol–water partition coefficient (Wildman–Crippen LogP) is 2.90. The van der Waals surface area contributed by atoms with Crippen molar-refractivity contribution >= 4 is 23.3 Å². The summed E-state index contributed by atoms with van der Waals surface area (Å²) >= 11 is 0. The SMILES string of the molecule is COCC1(CNC(=O)Nc2ccc3c(c2)CCCC(=O)N3)CCC1. The van der Waals surface area contributed by atoms with Gasteiger partial charge < -0.3 is 20.7 Å². The van der Waals surface area contributed by atoms with E-state index in [4.69, 9.17) is 4.74 Å². The van der Waals surface area contributed by atoms with E-state index in [0.29, 0.717) is 19.6 Å². The third-order valence-corrected chi connectivity index (χ3v) is 4.98. The minimum absolute atomic E-state index is 0.0520. The third kappa shape index (κ3) is 3.87. The Hall–Kier alpha value is -2.08. The van der Waals surface area contributed by atoms with Crippen molar-refractivity contribution in [1.82, 2.24) is 5.32 Å². The standard InChI is InChI=1S/C18H25N3O3/c1-24-12-18(8-3-9-18)11-19-17(23)20-14-6-7-15-13(10-14)4-2-5-16(22)21-15/h6-7,10H,2-5,8-9,11-12H2,1H3,(H,21,22)(H2,19,20,23). The summed E-state index contributed by atoms with van der Waals surface area (Å²) in [6, 6.07) is 5.41. The maximum absolute atomic E-state index is 12.2. The largest absolute Gasteiger partial charge is 0.384 e. The van der Waals surface area contributed by atoms with Gasteiger partial charge in [0.25, 0.3) is 0 Å². The molecular formula is C18H25N3O3. The normalized spacial score (nSPS) is 18.6. The molecule has 1 aromatic carbocycles. The van der Waals surface area contributed by atoms with Crippen LogP contribution in [0.4, 0.5) is 16.2 Å². The number of methoxy groups -OCH3 is 1.